The van der Waals surface area contributed by atoms with E-state index in [0.717, 1.165) is 38.9 Å². The van der Waals surface area contributed by atoms with Gasteiger partial charge in [0.15, 0.2) is 0 Å². The number of nitrogens with zero attached hydrogens (tertiary/aromatic N) is 1. The van der Waals surface area contributed by atoms with Gasteiger partial charge in [0.2, 0.25) is 0 Å². The molecule has 2 aromatic carbocycles. The van der Waals surface area contributed by atoms with Crippen molar-refractivity contribution in [1.29, 1.82) is 0 Å². The van der Waals surface area contributed by atoms with E-state index in [9.17, 15) is 13.0 Å². The zero-order chi connectivity index (χ0) is 18.3. The number of pyridine rings is 1. The van der Waals surface area contributed by atoms with Crippen LogP contribution in [0.15, 0.2) is 60.2 Å². The van der Waals surface area contributed by atoms with E-state index in [0.29, 0.717) is 6.42 Å². The van der Waals surface area contributed by atoms with E-state index in [2.05, 4.69) is 6.92 Å². The van der Waals surface area contributed by atoms with Crippen LogP contribution in [0.1, 0.15) is 30.4 Å². The number of para-hydroxylation sites is 1. The molecule has 1 N–H and O–H groups in total. The first-order valence-electron chi connectivity index (χ1n) is 8.55. The predicted molar refractivity (Wildman–Crippen MR) is 105 cm³/mol. The average Bonchev–Trinajstić information content (AvgIpc) is 2.60. The Kier molecular flexibility index (Phi) is 4.13. The van der Waals surface area contributed by atoms with E-state index >= 15 is 0 Å². The second-order valence-electron chi connectivity index (χ2n) is 6.80. The number of benzene rings is 2. The Bertz CT molecular complexity index is 1120. The highest BCUT2D eigenvalue weighted by Gasteiger charge is 2.26. The molecule has 1 heterocycles. The summed E-state index contributed by atoms with van der Waals surface area (Å²) in [5, 5.41) is 1.00. The highest BCUT2D eigenvalue weighted by Crippen LogP contribution is 2.42. The zero-order valence-corrected chi connectivity index (χ0v) is 15.2. The Morgan fingerprint density at radius 2 is 1.77 bits per heavy atom. The molecule has 4 rings (SSSR count). The third kappa shape index (κ3) is 3.16. The number of rotatable bonds is 3. The lowest BCUT2D eigenvalue weighted by Crippen LogP contribution is -2.14. The maximum absolute atomic E-state index is 11.4. The fourth-order valence-electron chi connectivity index (χ4n) is 3.82. The lowest BCUT2D eigenvalue weighted by molar-refractivity contribution is 0.485. The number of hydrogen-bond donors (Lipinski definition) is 1. The van der Waals surface area contributed by atoms with Crippen molar-refractivity contribution in [3.63, 3.8) is 0 Å². The summed E-state index contributed by atoms with van der Waals surface area (Å²) in [7, 11) is -4.05. The average molecular weight is 365 g/mol. The highest BCUT2D eigenvalue weighted by molar-refractivity contribution is 7.86. The van der Waals surface area contributed by atoms with E-state index in [-0.39, 0.29) is 11.7 Å². The first-order chi connectivity index (χ1) is 12.4. The topological polar surface area (TPSA) is 67.3 Å². The van der Waals surface area contributed by atoms with Crippen molar-refractivity contribution in [3.8, 4) is 11.3 Å². The van der Waals surface area contributed by atoms with Gasteiger partial charge in [-0.05, 0) is 29.5 Å². The SMILES string of the molecule is CC1CC(CS(=O)(=O)O)=Cc2c1c(-c1ccccc1)nc1ccccc21. The minimum atomic E-state index is -4.05. The Balaban J connectivity index is 2.02. The summed E-state index contributed by atoms with van der Waals surface area (Å²) in [6, 6.07) is 17.9. The molecule has 0 aliphatic heterocycles. The fraction of sp³-hybridized carbons (Fsp3) is 0.190. The summed E-state index contributed by atoms with van der Waals surface area (Å²) < 4.78 is 32.0. The first-order valence-corrected chi connectivity index (χ1v) is 10.2. The molecule has 3 aromatic rings. The largest absolute Gasteiger partial charge is 0.285 e. The van der Waals surface area contributed by atoms with Gasteiger partial charge in [0.25, 0.3) is 10.1 Å². The number of fused-ring (bicyclic) bond motifs is 3. The van der Waals surface area contributed by atoms with Gasteiger partial charge in [0.1, 0.15) is 0 Å². The van der Waals surface area contributed by atoms with Crippen LogP contribution in [0.25, 0.3) is 28.2 Å². The maximum atomic E-state index is 11.4. The summed E-state index contributed by atoms with van der Waals surface area (Å²) >= 11 is 0. The van der Waals surface area contributed by atoms with Gasteiger partial charge < -0.3 is 0 Å². The molecule has 132 valence electrons. The molecular weight excluding hydrogens is 346 g/mol. The predicted octanol–water partition coefficient (Wildman–Crippen LogP) is 4.68. The molecule has 0 amide bonds. The quantitative estimate of drug-likeness (QED) is 0.684. The van der Waals surface area contributed by atoms with Gasteiger partial charge in [-0.3, -0.25) is 4.55 Å². The van der Waals surface area contributed by atoms with E-state index in [1.165, 1.54) is 0 Å². The lowest BCUT2D eigenvalue weighted by Gasteiger charge is -2.26. The van der Waals surface area contributed by atoms with Gasteiger partial charge in [-0.1, -0.05) is 67.1 Å². The van der Waals surface area contributed by atoms with Gasteiger partial charge in [0.05, 0.1) is 17.0 Å². The van der Waals surface area contributed by atoms with E-state index in [4.69, 9.17) is 4.98 Å². The molecule has 1 atom stereocenters. The molecule has 1 aromatic heterocycles. The second kappa shape index (κ2) is 6.34. The zero-order valence-electron chi connectivity index (χ0n) is 14.4. The first kappa shape index (κ1) is 16.9. The van der Waals surface area contributed by atoms with Crippen molar-refractivity contribution in [2.75, 3.05) is 5.75 Å². The molecule has 1 unspecified atom stereocenters. The van der Waals surface area contributed by atoms with Gasteiger partial charge in [0, 0.05) is 10.9 Å². The van der Waals surface area contributed by atoms with Crippen molar-refractivity contribution in [1.82, 2.24) is 4.98 Å². The smallest absolute Gasteiger partial charge is 0.268 e. The third-order valence-corrected chi connectivity index (χ3v) is 5.53. The van der Waals surface area contributed by atoms with Gasteiger partial charge >= 0.3 is 0 Å². The summed E-state index contributed by atoms with van der Waals surface area (Å²) in [4.78, 5) is 4.91. The molecule has 0 fully saturated rings. The van der Waals surface area contributed by atoms with Gasteiger partial charge in [-0.2, -0.15) is 8.42 Å². The Morgan fingerprint density at radius 3 is 2.50 bits per heavy atom. The highest BCUT2D eigenvalue weighted by atomic mass is 32.2. The Morgan fingerprint density at radius 1 is 1.08 bits per heavy atom. The molecule has 26 heavy (non-hydrogen) atoms. The molecule has 1 aliphatic rings. The van der Waals surface area contributed by atoms with Crippen LogP contribution >= 0.6 is 0 Å². The third-order valence-electron chi connectivity index (χ3n) is 4.80. The standard InChI is InChI=1S/C21H19NO3S/c1-14-11-15(13-26(23,24)25)12-18-17-9-5-6-10-19(17)22-21(20(14)18)16-7-3-2-4-8-16/h2-10,12,14H,11,13H2,1H3,(H,23,24,25). The van der Waals surface area contributed by atoms with E-state index < -0.39 is 10.1 Å². The molecule has 0 saturated heterocycles. The summed E-state index contributed by atoms with van der Waals surface area (Å²) in [6.45, 7) is 2.08. The summed E-state index contributed by atoms with van der Waals surface area (Å²) in [5.74, 6) is -0.215. The monoisotopic (exact) mass is 365 g/mol. The molecule has 4 nitrogen and oxygen atoms in total. The maximum Gasteiger partial charge on any atom is 0.268 e. The molecule has 0 saturated carbocycles. The molecule has 0 bridgehead atoms. The van der Waals surface area contributed by atoms with E-state index in [1.807, 2.05) is 60.7 Å². The molecular formula is C21H19NO3S. The minimum Gasteiger partial charge on any atom is -0.285 e. The Labute approximate surface area is 153 Å². The summed E-state index contributed by atoms with van der Waals surface area (Å²) in [5.41, 5.74) is 5.73. The molecule has 5 heteroatoms. The van der Waals surface area contributed by atoms with Crippen molar-refractivity contribution in [3.05, 3.63) is 71.3 Å². The van der Waals surface area contributed by atoms with Crippen LogP contribution in [0, 0.1) is 0 Å². The lowest BCUT2D eigenvalue weighted by atomic mass is 9.81. The fourth-order valence-corrected chi connectivity index (χ4v) is 4.49. The van der Waals surface area contributed by atoms with E-state index in [1.54, 1.807) is 0 Å². The van der Waals surface area contributed by atoms with Crippen molar-refractivity contribution >= 4 is 27.1 Å². The van der Waals surface area contributed by atoms with Crippen molar-refractivity contribution in [2.24, 2.45) is 0 Å². The molecule has 1 aliphatic carbocycles. The van der Waals surface area contributed by atoms with Crippen molar-refractivity contribution in [2.45, 2.75) is 19.3 Å². The normalized spacial score (nSPS) is 17.0. The number of hydrogen-bond acceptors (Lipinski definition) is 3. The second-order valence-corrected chi connectivity index (χ2v) is 8.26. The van der Waals surface area contributed by atoms with Crippen LogP contribution < -0.4 is 0 Å². The van der Waals surface area contributed by atoms with Crippen LogP contribution in [0.3, 0.4) is 0 Å². The van der Waals surface area contributed by atoms with Crippen LogP contribution in [0.4, 0.5) is 0 Å². The van der Waals surface area contributed by atoms with Crippen LogP contribution in [0.2, 0.25) is 0 Å². The van der Waals surface area contributed by atoms with Crippen LogP contribution in [-0.2, 0) is 10.1 Å². The van der Waals surface area contributed by atoms with Gasteiger partial charge in [-0.15, -0.1) is 0 Å². The molecule has 0 spiro atoms. The Hall–Kier alpha value is -2.50. The van der Waals surface area contributed by atoms with Crippen molar-refractivity contribution < 1.29 is 13.0 Å². The van der Waals surface area contributed by atoms with Crippen LogP contribution in [-0.4, -0.2) is 23.7 Å². The minimum absolute atomic E-state index is 0.110. The number of aromatic nitrogens is 1. The van der Waals surface area contributed by atoms with Gasteiger partial charge in [-0.25, -0.2) is 4.98 Å². The van der Waals surface area contributed by atoms with Crippen LogP contribution in [0.5, 0.6) is 0 Å². The molecule has 0 radical (unpaired) electrons. The summed E-state index contributed by atoms with van der Waals surface area (Å²) in [6.07, 6.45) is 2.51.